The number of rotatable bonds is 6. The number of nitrogens with one attached hydrogen (secondary N) is 1. The molecule has 1 aromatic carbocycles. The Morgan fingerprint density at radius 1 is 1.07 bits per heavy atom. The van der Waals surface area contributed by atoms with Crippen LogP contribution in [0.25, 0.3) is 0 Å². The summed E-state index contributed by atoms with van der Waals surface area (Å²) >= 11 is 0. The van der Waals surface area contributed by atoms with E-state index in [1.165, 1.54) is 0 Å². The van der Waals surface area contributed by atoms with E-state index in [0.29, 0.717) is 43.9 Å². The van der Waals surface area contributed by atoms with Crippen molar-refractivity contribution >= 4 is 21.8 Å². The molecule has 0 aliphatic carbocycles. The Labute approximate surface area is 178 Å². The topological polar surface area (TPSA) is 96.0 Å². The third-order valence-corrected chi connectivity index (χ3v) is 7.42. The van der Waals surface area contributed by atoms with Crippen molar-refractivity contribution in [1.29, 1.82) is 0 Å². The molecule has 0 spiro atoms. The van der Waals surface area contributed by atoms with Gasteiger partial charge in [0.15, 0.2) is 0 Å². The van der Waals surface area contributed by atoms with Crippen LogP contribution in [0.2, 0.25) is 0 Å². The van der Waals surface area contributed by atoms with E-state index in [9.17, 15) is 18.0 Å². The summed E-state index contributed by atoms with van der Waals surface area (Å²) in [6.45, 7) is 8.04. The number of aryl methyl sites for hydroxylation is 3. The first-order chi connectivity index (χ1) is 14.2. The molecule has 1 unspecified atom stereocenters. The predicted molar refractivity (Wildman–Crippen MR) is 113 cm³/mol. The normalized spacial score (nSPS) is 19.9. The third kappa shape index (κ3) is 5.19. The lowest BCUT2D eigenvalue weighted by molar-refractivity contribution is -0.145. The summed E-state index contributed by atoms with van der Waals surface area (Å²) in [7, 11) is -3.68. The second-order valence-electron chi connectivity index (χ2n) is 8.08. The van der Waals surface area contributed by atoms with Crippen LogP contribution in [0.4, 0.5) is 0 Å². The van der Waals surface area contributed by atoms with Gasteiger partial charge >= 0.3 is 0 Å². The standard InChI is InChI=1S/C21H31N3O5S/c1-15-13-16(2)20(17(3)14-15)30(27,28)22-7-6-19(25)23-8-10-24(11-9-23)21(26)18-5-4-12-29-18/h13-14,18,22H,4-12H2,1-3H3. The zero-order chi connectivity index (χ0) is 21.9. The average molecular weight is 438 g/mol. The zero-order valence-electron chi connectivity index (χ0n) is 17.9. The average Bonchev–Trinajstić information content (AvgIpc) is 3.21. The van der Waals surface area contributed by atoms with Gasteiger partial charge in [-0.05, 0) is 44.7 Å². The molecule has 2 aliphatic heterocycles. The van der Waals surface area contributed by atoms with Crippen LogP contribution in [-0.4, -0.2) is 75.5 Å². The number of carbonyl (C=O) groups excluding carboxylic acids is 2. The molecular formula is C21H31N3O5S. The Morgan fingerprint density at radius 3 is 2.23 bits per heavy atom. The zero-order valence-corrected chi connectivity index (χ0v) is 18.8. The predicted octanol–water partition coefficient (Wildman–Crippen LogP) is 1.13. The van der Waals surface area contributed by atoms with Gasteiger partial charge in [-0.15, -0.1) is 0 Å². The summed E-state index contributed by atoms with van der Waals surface area (Å²) in [4.78, 5) is 28.6. The van der Waals surface area contributed by atoms with E-state index in [0.717, 1.165) is 18.4 Å². The molecule has 166 valence electrons. The van der Waals surface area contributed by atoms with Gasteiger partial charge in [-0.3, -0.25) is 9.59 Å². The first-order valence-corrected chi connectivity index (χ1v) is 11.9. The smallest absolute Gasteiger partial charge is 0.251 e. The highest BCUT2D eigenvalue weighted by Gasteiger charge is 2.31. The highest BCUT2D eigenvalue weighted by Crippen LogP contribution is 2.21. The van der Waals surface area contributed by atoms with Crippen LogP contribution < -0.4 is 4.72 Å². The van der Waals surface area contributed by atoms with Crippen molar-refractivity contribution in [2.24, 2.45) is 0 Å². The lowest BCUT2D eigenvalue weighted by atomic mass is 10.1. The molecule has 2 heterocycles. The quantitative estimate of drug-likeness (QED) is 0.720. The molecule has 0 aromatic heterocycles. The number of nitrogens with zero attached hydrogens (tertiary/aromatic N) is 2. The second kappa shape index (κ2) is 9.45. The van der Waals surface area contributed by atoms with E-state index < -0.39 is 10.0 Å². The van der Waals surface area contributed by atoms with Crippen molar-refractivity contribution in [3.63, 3.8) is 0 Å². The first-order valence-electron chi connectivity index (χ1n) is 10.4. The van der Waals surface area contributed by atoms with Gasteiger partial charge in [0.25, 0.3) is 5.91 Å². The summed E-state index contributed by atoms with van der Waals surface area (Å²) in [5.74, 6) is -0.101. The van der Waals surface area contributed by atoms with E-state index in [1.807, 2.05) is 19.1 Å². The molecule has 30 heavy (non-hydrogen) atoms. The molecule has 2 fully saturated rings. The fourth-order valence-electron chi connectivity index (χ4n) is 4.27. The van der Waals surface area contributed by atoms with Crippen molar-refractivity contribution in [2.45, 2.75) is 51.0 Å². The van der Waals surface area contributed by atoms with Gasteiger partial charge in [-0.1, -0.05) is 17.7 Å². The van der Waals surface area contributed by atoms with Gasteiger partial charge in [0.2, 0.25) is 15.9 Å². The van der Waals surface area contributed by atoms with Crippen molar-refractivity contribution in [3.05, 3.63) is 28.8 Å². The summed E-state index contributed by atoms with van der Waals surface area (Å²) in [6.07, 6.45) is 1.42. The number of amides is 2. The molecule has 1 atom stereocenters. The summed E-state index contributed by atoms with van der Waals surface area (Å²) in [5.41, 5.74) is 2.40. The van der Waals surface area contributed by atoms with Crippen LogP contribution in [-0.2, 0) is 24.3 Å². The number of ether oxygens (including phenoxy) is 1. The second-order valence-corrected chi connectivity index (χ2v) is 9.79. The van der Waals surface area contributed by atoms with E-state index in [2.05, 4.69) is 4.72 Å². The Kier molecular flexibility index (Phi) is 7.15. The molecule has 2 saturated heterocycles. The monoisotopic (exact) mass is 437 g/mol. The van der Waals surface area contributed by atoms with Crippen molar-refractivity contribution in [3.8, 4) is 0 Å². The maximum Gasteiger partial charge on any atom is 0.251 e. The molecule has 9 heteroatoms. The molecule has 2 aliphatic rings. The van der Waals surface area contributed by atoms with Gasteiger partial charge in [-0.25, -0.2) is 13.1 Å². The maximum absolute atomic E-state index is 12.7. The lowest BCUT2D eigenvalue weighted by Crippen LogP contribution is -2.53. The third-order valence-electron chi connectivity index (χ3n) is 5.65. The Balaban J connectivity index is 1.48. The molecule has 3 rings (SSSR count). The van der Waals surface area contributed by atoms with E-state index in [-0.39, 0.29) is 35.8 Å². The first kappa shape index (κ1) is 22.7. The molecule has 1 N–H and O–H groups in total. The minimum Gasteiger partial charge on any atom is -0.368 e. The molecule has 0 radical (unpaired) electrons. The molecule has 0 bridgehead atoms. The fraction of sp³-hybridized carbons (Fsp3) is 0.619. The summed E-state index contributed by atoms with van der Waals surface area (Å²) < 4.78 is 33.4. The largest absolute Gasteiger partial charge is 0.368 e. The Morgan fingerprint density at radius 2 is 1.67 bits per heavy atom. The van der Waals surface area contributed by atoms with E-state index >= 15 is 0 Å². The van der Waals surface area contributed by atoms with Crippen LogP contribution in [0.1, 0.15) is 36.0 Å². The maximum atomic E-state index is 12.7. The van der Waals surface area contributed by atoms with Crippen molar-refractivity contribution in [1.82, 2.24) is 14.5 Å². The fourth-order valence-corrected chi connectivity index (χ4v) is 5.75. The van der Waals surface area contributed by atoms with Crippen molar-refractivity contribution < 1.29 is 22.7 Å². The summed E-state index contributed by atoms with van der Waals surface area (Å²) in [5, 5.41) is 0. The van der Waals surface area contributed by atoms with E-state index in [1.54, 1.807) is 23.6 Å². The molecular weight excluding hydrogens is 406 g/mol. The van der Waals surface area contributed by atoms with Gasteiger partial charge in [-0.2, -0.15) is 0 Å². The van der Waals surface area contributed by atoms with Crippen LogP contribution in [0.5, 0.6) is 0 Å². The van der Waals surface area contributed by atoms with Crippen LogP contribution in [0, 0.1) is 20.8 Å². The number of hydrogen-bond acceptors (Lipinski definition) is 5. The number of hydrogen-bond donors (Lipinski definition) is 1. The highest BCUT2D eigenvalue weighted by molar-refractivity contribution is 7.89. The van der Waals surface area contributed by atoms with Gasteiger partial charge in [0.1, 0.15) is 6.10 Å². The van der Waals surface area contributed by atoms with Crippen LogP contribution in [0.15, 0.2) is 17.0 Å². The molecule has 0 saturated carbocycles. The van der Waals surface area contributed by atoms with Crippen molar-refractivity contribution in [2.75, 3.05) is 39.3 Å². The molecule has 8 nitrogen and oxygen atoms in total. The SMILES string of the molecule is Cc1cc(C)c(S(=O)(=O)NCCC(=O)N2CCN(C(=O)C3CCCO3)CC2)c(C)c1. The highest BCUT2D eigenvalue weighted by atomic mass is 32.2. The molecule has 2 amide bonds. The Hall–Kier alpha value is -1.97. The number of piperazine rings is 1. The summed E-state index contributed by atoms with van der Waals surface area (Å²) in [6, 6.07) is 3.67. The van der Waals surface area contributed by atoms with Gasteiger partial charge < -0.3 is 14.5 Å². The van der Waals surface area contributed by atoms with Gasteiger partial charge in [0.05, 0.1) is 4.90 Å². The van der Waals surface area contributed by atoms with Crippen LogP contribution >= 0.6 is 0 Å². The number of sulfonamides is 1. The van der Waals surface area contributed by atoms with E-state index in [4.69, 9.17) is 4.74 Å². The minimum atomic E-state index is -3.68. The van der Waals surface area contributed by atoms with Gasteiger partial charge in [0, 0.05) is 45.8 Å². The number of carbonyl (C=O) groups is 2. The Bertz CT molecular complexity index is 878. The number of benzene rings is 1. The van der Waals surface area contributed by atoms with Crippen LogP contribution in [0.3, 0.4) is 0 Å². The lowest BCUT2D eigenvalue weighted by Gasteiger charge is -2.35. The minimum absolute atomic E-state index is 0.0104. The molecule has 1 aromatic rings.